The maximum atomic E-state index is 13.6. The van der Waals surface area contributed by atoms with Gasteiger partial charge in [-0.3, -0.25) is 13.9 Å². The monoisotopic (exact) mass is 527 g/mol. The molecular weight excluding hydrogens is 497 g/mol. The zero-order valence-corrected chi connectivity index (χ0v) is 22.1. The van der Waals surface area contributed by atoms with Crippen LogP contribution in [-0.2, 0) is 26.2 Å². The average Bonchev–Trinajstić information content (AvgIpc) is 2.78. The summed E-state index contributed by atoms with van der Waals surface area (Å²) < 4.78 is 26.2. The van der Waals surface area contributed by atoms with E-state index in [9.17, 15) is 18.0 Å². The molecule has 0 fully saturated rings. The van der Waals surface area contributed by atoms with E-state index in [1.54, 1.807) is 0 Å². The molecule has 0 spiro atoms. The molecule has 186 valence electrons. The van der Waals surface area contributed by atoms with E-state index in [0.717, 1.165) is 22.5 Å². The van der Waals surface area contributed by atoms with Crippen molar-refractivity contribution in [3.05, 3.63) is 64.1 Å². The SMILES string of the molecule is CC[C@H](C(=O)N[C@@H](C)CC)N(Cc1ccccc1)C(=O)CN(c1ccc(Cl)c(Cl)c1)S(C)(=O)=O. The smallest absolute Gasteiger partial charge is 0.244 e. The van der Waals surface area contributed by atoms with Crippen LogP contribution in [0.15, 0.2) is 48.5 Å². The number of hydrogen-bond acceptors (Lipinski definition) is 4. The maximum Gasteiger partial charge on any atom is 0.244 e. The van der Waals surface area contributed by atoms with Crippen molar-refractivity contribution in [2.45, 2.75) is 52.2 Å². The van der Waals surface area contributed by atoms with E-state index >= 15 is 0 Å². The minimum atomic E-state index is -3.84. The standard InChI is InChI=1S/C24H31Cl2N3O4S/c1-5-17(3)27-24(31)22(6-2)28(15-18-10-8-7-9-11-18)23(30)16-29(34(4,32)33)19-12-13-20(25)21(26)14-19/h7-14,17,22H,5-6,15-16H2,1-4H3,(H,27,31)/t17-,22+/m0/s1. The molecule has 0 aliphatic heterocycles. The highest BCUT2D eigenvalue weighted by atomic mass is 35.5. The zero-order chi connectivity index (χ0) is 25.5. The van der Waals surface area contributed by atoms with Gasteiger partial charge in [-0.15, -0.1) is 0 Å². The molecule has 2 atom stereocenters. The van der Waals surface area contributed by atoms with Gasteiger partial charge in [0.15, 0.2) is 0 Å². The van der Waals surface area contributed by atoms with Gasteiger partial charge in [0, 0.05) is 12.6 Å². The van der Waals surface area contributed by atoms with E-state index < -0.39 is 28.5 Å². The number of anilines is 1. The van der Waals surface area contributed by atoms with Gasteiger partial charge in [0.2, 0.25) is 21.8 Å². The van der Waals surface area contributed by atoms with Gasteiger partial charge in [0.05, 0.1) is 22.0 Å². The van der Waals surface area contributed by atoms with Crippen molar-refractivity contribution in [3.8, 4) is 0 Å². The summed E-state index contributed by atoms with van der Waals surface area (Å²) in [5.74, 6) is -0.784. The molecular formula is C24H31Cl2N3O4S. The number of carbonyl (C=O) groups excluding carboxylic acids is 2. The van der Waals surface area contributed by atoms with Gasteiger partial charge < -0.3 is 10.2 Å². The second-order valence-electron chi connectivity index (χ2n) is 8.12. The van der Waals surface area contributed by atoms with Crippen LogP contribution in [0.1, 0.15) is 39.2 Å². The minimum Gasteiger partial charge on any atom is -0.352 e. The molecule has 0 aromatic heterocycles. The summed E-state index contributed by atoms with van der Waals surface area (Å²) in [5.41, 5.74) is 1.04. The van der Waals surface area contributed by atoms with E-state index in [1.807, 2.05) is 51.1 Å². The van der Waals surface area contributed by atoms with Gasteiger partial charge in [-0.1, -0.05) is 67.4 Å². The third-order valence-electron chi connectivity index (χ3n) is 5.45. The second kappa shape index (κ2) is 12.4. The molecule has 2 aromatic rings. The van der Waals surface area contributed by atoms with E-state index in [-0.39, 0.29) is 34.2 Å². The molecule has 2 aromatic carbocycles. The lowest BCUT2D eigenvalue weighted by atomic mass is 10.1. The van der Waals surface area contributed by atoms with Crippen LogP contribution in [0.2, 0.25) is 10.0 Å². The number of sulfonamides is 1. The lowest BCUT2D eigenvalue weighted by Crippen LogP contribution is -2.53. The molecule has 7 nitrogen and oxygen atoms in total. The predicted octanol–water partition coefficient (Wildman–Crippen LogP) is 4.48. The van der Waals surface area contributed by atoms with Gasteiger partial charge in [-0.2, -0.15) is 0 Å². The highest BCUT2D eigenvalue weighted by Gasteiger charge is 2.32. The van der Waals surface area contributed by atoms with Crippen molar-refractivity contribution < 1.29 is 18.0 Å². The van der Waals surface area contributed by atoms with Crippen LogP contribution in [0.3, 0.4) is 0 Å². The molecule has 0 bridgehead atoms. The normalized spacial score (nSPS) is 13.1. The Balaban J connectivity index is 2.43. The zero-order valence-electron chi connectivity index (χ0n) is 19.8. The minimum absolute atomic E-state index is 0.0565. The Morgan fingerprint density at radius 1 is 1.00 bits per heavy atom. The molecule has 0 aliphatic carbocycles. The molecule has 1 N–H and O–H groups in total. The van der Waals surface area contributed by atoms with Gasteiger partial charge in [-0.05, 0) is 43.5 Å². The summed E-state index contributed by atoms with van der Waals surface area (Å²) in [6.45, 7) is 5.34. The molecule has 34 heavy (non-hydrogen) atoms. The third-order valence-corrected chi connectivity index (χ3v) is 7.33. The number of nitrogens with one attached hydrogen (secondary N) is 1. The molecule has 0 unspecified atom stereocenters. The summed E-state index contributed by atoms with van der Waals surface area (Å²) in [5, 5.41) is 3.37. The summed E-state index contributed by atoms with van der Waals surface area (Å²) in [4.78, 5) is 28.0. The molecule has 10 heteroatoms. The van der Waals surface area contributed by atoms with Crippen molar-refractivity contribution in [2.24, 2.45) is 0 Å². The molecule has 0 radical (unpaired) electrons. The fourth-order valence-electron chi connectivity index (χ4n) is 3.39. The van der Waals surface area contributed by atoms with E-state index in [4.69, 9.17) is 23.2 Å². The first-order valence-electron chi connectivity index (χ1n) is 11.0. The first kappa shape index (κ1) is 28.0. The van der Waals surface area contributed by atoms with Crippen LogP contribution in [0.25, 0.3) is 0 Å². The van der Waals surface area contributed by atoms with Crippen molar-refractivity contribution >= 4 is 50.7 Å². The predicted molar refractivity (Wildman–Crippen MR) is 138 cm³/mol. The number of halogens is 2. The number of amides is 2. The fourth-order valence-corrected chi connectivity index (χ4v) is 4.53. The lowest BCUT2D eigenvalue weighted by molar-refractivity contribution is -0.140. The molecule has 2 rings (SSSR count). The van der Waals surface area contributed by atoms with Gasteiger partial charge in [0.25, 0.3) is 0 Å². The van der Waals surface area contributed by atoms with Crippen LogP contribution in [0, 0.1) is 0 Å². The van der Waals surface area contributed by atoms with Crippen LogP contribution < -0.4 is 9.62 Å². The number of rotatable bonds is 11. The molecule has 0 heterocycles. The van der Waals surface area contributed by atoms with Gasteiger partial charge in [-0.25, -0.2) is 8.42 Å². The Kier molecular flexibility index (Phi) is 10.2. The molecule has 0 saturated heterocycles. The highest BCUT2D eigenvalue weighted by molar-refractivity contribution is 7.92. The summed E-state index contributed by atoms with van der Waals surface area (Å²) in [7, 11) is -3.84. The van der Waals surface area contributed by atoms with Crippen LogP contribution in [-0.4, -0.2) is 50.0 Å². The molecule has 0 saturated carbocycles. The van der Waals surface area contributed by atoms with Crippen molar-refractivity contribution in [3.63, 3.8) is 0 Å². The fraction of sp³-hybridized carbons (Fsp3) is 0.417. The van der Waals surface area contributed by atoms with E-state index in [0.29, 0.717) is 6.42 Å². The Hall–Kier alpha value is -2.29. The quantitative estimate of drug-likeness (QED) is 0.466. The van der Waals surface area contributed by atoms with Crippen molar-refractivity contribution in [1.82, 2.24) is 10.2 Å². The Bertz CT molecular complexity index is 1100. The first-order chi connectivity index (χ1) is 16.0. The molecule has 2 amide bonds. The second-order valence-corrected chi connectivity index (χ2v) is 10.8. The number of benzene rings is 2. The first-order valence-corrected chi connectivity index (χ1v) is 13.6. The number of nitrogens with zero attached hydrogens (tertiary/aromatic N) is 2. The lowest BCUT2D eigenvalue weighted by Gasteiger charge is -2.33. The van der Waals surface area contributed by atoms with Gasteiger partial charge >= 0.3 is 0 Å². The number of carbonyl (C=O) groups is 2. The highest BCUT2D eigenvalue weighted by Crippen LogP contribution is 2.28. The van der Waals surface area contributed by atoms with Gasteiger partial charge in [0.1, 0.15) is 12.6 Å². The van der Waals surface area contributed by atoms with Crippen LogP contribution >= 0.6 is 23.2 Å². The van der Waals surface area contributed by atoms with Crippen LogP contribution in [0.4, 0.5) is 5.69 Å². The summed E-state index contributed by atoms with van der Waals surface area (Å²) >= 11 is 12.1. The maximum absolute atomic E-state index is 13.6. The largest absolute Gasteiger partial charge is 0.352 e. The Morgan fingerprint density at radius 3 is 2.18 bits per heavy atom. The summed E-state index contributed by atoms with van der Waals surface area (Å²) in [6, 6.07) is 12.8. The van der Waals surface area contributed by atoms with Crippen molar-refractivity contribution in [2.75, 3.05) is 17.1 Å². The van der Waals surface area contributed by atoms with E-state index in [1.165, 1.54) is 23.1 Å². The van der Waals surface area contributed by atoms with Crippen LogP contribution in [0.5, 0.6) is 0 Å². The summed E-state index contributed by atoms with van der Waals surface area (Å²) in [6.07, 6.45) is 2.12. The Labute approximate surface area is 212 Å². The molecule has 0 aliphatic rings. The van der Waals surface area contributed by atoms with E-state index in [2.05, 4.69) is 5.32 Å². The number of hydrogen-bond donors (Lipinski definition) is 1. The third kappa shape index (κ3) is 7.61. The van der Waals surface area contributed by atoms with Crippen molar-refractivity contribution in [1.29, 1.82) is 0 Å². The Morgan fingerprint density at radius 2 is 1.65 bits per heavy atom. The topological polar surface area (TPSA) is 86.8 Å². The average molecular weight is 529 g/mol.